The van der Waals surface area contributed by atoms with Crippen LogP contribution < -0.4 is 14.2 Å². The molecule has 0 saturated heterocycles. The van der Waals surface area contributed by atoms with Crippen LogP contribution in [0.15, 0.2) is 72.8 Å². The van der Waals surface area contributed by atoms with E-state index in [2.05, 4.69) is 0 Å². The molecule has 264 valence electrons. The van der Waals surface area contributed by atoms with E-state index in [1.165, 1.54) is 0 Å². The van der Waals surface area contributed by atoms with Gasteiger partial charge in [0.2, 0.25) is 0 Å². The van der Waals surface area contributed by atoms with Gasteiger partial charge in [-0.05, 0) is 117 Å². The molecule has 0 aliphatic heterocycles. The standard InChI is InChI=1S/3C12H15ClO3/c1-4-15-11(14)12(2,3)16-10-7-5-9(13)6-8-10;1-4-15-11(14)12(2,3)16-10-7-5-6-9(13)8-10;1-4-15-11(14)12(2,3)16-10-8-6-5-7-9(10)13/h3*5-8H,4H2,1-3H3. The number of hydrogen-bond donors (Lipinski definition) is 0. The summed E-state index contributed by atoms with van der Waals surface area (Å²) in [6.45, 7) is 16.2. The second-order valence-electron chi connectivity index (χ2n) is 11.3. The van der Waals surface area contributed by atoms with Crippen LogP contribution >= 0.6 is 34.8 Å². The lowest BCUT2D eigenvalue weighted by Crippen LogP contribution is -2.39. The SMILES string of the molecule is CCOC(=O)C(C)(C)Oc1ccc(Cl)cc1.CCOC(=O)C(C)(C)Oc1cccc(Cl)c1.CCOC(=O)C(C)(C)Oc1ccccc1Cl. The fourth-order valence-corrected chi connectivity index (χ4v) is 3.95. The van der Waals surface area contributed by atoms with Gasteiger partial charge in [0.15, 0.2) is 16.8 Å². The number of carbonyl (C=O) groups is 3. The highest BCUT2D eigenvalue weighted by atomic mass is 35.5. The number of carbonyl (C=O) groups excluding carboxylic acids is 3. The number of hydrogen-bond acceptors (Lipinski definition) is 9. The highest BCUT2D eigenvalue weighted by Crippen LogP contribution is 2.28. The molecule has 0 amide bonds. The van der Waals surface area contributed by atoms with E-state index in [4.69, 9.17) is 63.2 Å². The van der Waals surface area contributed by atoms with Crippen LogP contribution in [-0.2, 0) is 28.6 Å². The van der Waals surface area contributed by atoms with E-state index < -0.39 is 28.7 Å². The number of ether oxygens (including phenoxy) is 6. The Morgan fingerprint density at radius 3 is 1.40 bits per heavy atom. The number of para-hydroxylation sites is 1. The van der Waals surface area contributed by atoms with Crippen molar-refractivity contribution < 1.29 is 42.8 Å². The minimum Gasteiger partial charge on any atom is -0.476 e. The van der Waals surface area contributed by atoms with E-state index in [-0.39, 0.29) is 5.97 Å². The largest absolute Gasteiger partial charge is 0.476 e. The van der Waals surface area contributed by atoms with Crippen molar-refractivity contribution in [3.05, 3.63) is 87.9 Å². The molecule has 48 heavy (non-hydrogen) atoms. The van der Waals surface area contributed by atoms with Gasteiger partial charge in [0, 0.05) is 10.0 Å². The summed E-state index contributed by atoms with van der Waals surface area (Å²) in [6.07, 6.45) is 0. The van der Waals surface area contributed by atoms with Crippen LogP contribution in [0.4, 0.5) is 0 Å². The zero-order valence-electron chi connectivity index (χ0n) is 28.9. The van der Waals surface area contributed by atoms with Gasteiger partial charge in [-0.15, -0.1) is 0 Å². The zero-order chi connectivity index (χ0) is 36.5. The summed E-state index contributed by atoms with van der Waals surface area (Å²) in [4.78, 5) is 34.7. The third-order valence-corrected chi connectivity index (χ3v) is 6.66. The number of halogens is 3. The second kappa shape index (κ2) is 20.0. The maximum atomic E-state index is 11.6. The fraction of sp³-hybridized carbons (Fsp3) is 0.417. The number of benzene rings is 3. The normalized spacial score (nSPS) is 11.0. The summed E-state index contributed by atoms with van der Waals surface area (Å²) in [7, 11) is 0. The third kappa shape index (κ3) is 15.0. The topological polar surface area (TPSA) is 107 Å². The van der Waals surface area contributed by atoms with Crippen LogP contribution in [0.5, 0.6) is 17.2 Å². The van der Waals surface area contributed by atoms with E-state index >= 15 is 0 Å². The van der Waals surface area contributed by atoms with Crippen molar-refractivity contribution in [2.75, 3.05) is 19.8 Å². The van der Waals surface area contributed by atoms with Crippen LogP contribution in [0.25, 0.3) is 0 Å². The second-order valence-corrected chi connectivity index (χ2v) is 12.6. The van der Waals surface area contributed by atoms with Gasteiger partial charge in [-0.2, -0.15) is 0 Å². The molecule has 0 aliphatic carbocycles. The van der Waals surface area contributed by atoms with Crippen molar-refractivity contribution in [3.63, 3.8) is 0 Å². The summed E-state index contributed by atoms with van der Waals surface area (Å²) >= 11 is 17.5. The molecule has 0 atom stereocenters. The Bertz CT molecular complexity index is 1460. The van der Waals surface area contributed by atoms with Gasteiger partial charge in [0.05, 0.1) is 24.8 Å². The average Bonchev–Trinajstić information content (AvgIpc) is 3.00. The molecule has 9 nitrogen and oxygen atoms in total. The molecular weight excluding hydrogens is 683 g/mol. The van der Waals surface area contributed by atoms with Crippen molar-refractivity contribution in [1.29, 1.82) is 0 Å². The highest BCUT2D eigenvalue weighted by Gasteiger charge is 2.33. The Morgan fingerprint density at radius 1 is 0.521 bits per heavy atom. The predicted octanol–water partition coefficient (Wildman–Crippen LogP) is 9.18. The molecule has 0 unspecified atom stereocenters. The monoisotopic (exact) mass is 726 g/mol. The summed E-state index contributed by atoms with van der Waals surface area (Å²) in [6, 6.07) is 20.7. The predicted molar refractivity (Wildman–Crippen MR) is 188 cm³/mol. The van der Waals surface area contributed by atoms with Gasteiger partial charge < -0.3 is 28.4 Å². The Labute approximate surface area is 298 Å². The van der Waals surface area contributed by atoms with Crippen molar-refractivity contribution in [1.82, 2.24) is 0 Å². The van der Waals surface area contributed by atoms with Gasteiger partial charge >= 0.3 is 17.9 Å². The molecule has 0 aliphatic rings. The van der Waals surface area contributed by atoms with Crippen LogP contribution in [0, 0.1) is 0 Å². The first-order valence-electron chi connectivity index (χ1n) is 15.2. The van der Waals surface area contributed by atoms with Gasteiger partial charge in [-0.3, -0.25) is 0 Å². The highest BCUT2D eigenvalue weighted by molar-refractivity contribution is 6.32. The van der Waals surface area contributed by atoms with Gasteiger partial charge in [0.25, 0.3) is 0 Å². The molecule has 0 N–H and O–H groups in total. The van der Waals surface area contributed by atoms with Gasteiger partial charge in [-0.25, -0.2) is 14.4 Å². The molecule has 12 heteroatoms. The molecule has 0 saturated carbocycles. The van der Waals surface area contributed by atoms with Crippen molar-refractivity contribution in [2.24, 2.45) is 0 Å². The third-order valence-electron chi connectivity index (χ3n) is 5.86. The van der Waals surface area contributed by atoms with Gasteiger partial charge in [0.1, 0.15) is 17.2 Å². The van der Waals surface area contributed by atoms with Crippen LogP contribution in [-0.4, -0.2) is 54.5 Å². The lowest BCUT2D eigenvalue weighted by Gasteiger charge is -2.24. The minimum absolute atomic E-state index is 0.328. The van der Waals surface area contributed by atoms with Crippen molar-refractivity contribution in [3.8, 4) is 17.2 Å². The molecule has 0 heterocycles. The maximum Gasteiger partial charge on any atom is 0.349 e. The smallest absolute Gasteiger partial charge is 0.349 e. The van der Waals surface area contributed by atoms with E-state index in [9.17, 15) is 14.4 Å². The lowest BCUT2D eigenvalue weighted by molar-refractivity contribution is -0.159. The Balaban J connectivity index is 0.000000360. The molecule has 0 bridgehead atoms. The molecule has 0 fully saturated rings. The minimum atomic E-state index is -1.04. The quantitative estimate of drug-likeness (QED) is 0.133. The zero-order valence-corrected chi connectivity index (χ0v) is 31.1. The molecule has 0 spiro atoms. The maximum absolute atomic E-state index is 11.6. The summed E-state index contributed by atoms with van der Waals surface area (Å²) in [5.41, 5.74) is -3.05. The molecule has 0 radical (unpaired) electrons. The van der Waals surface area contributed by atoms with Gasteiger partial charge in [-0.1, -0.05) is 53.0 Å². The average molecular weight is 728 g/mol. The van der Waals surface area contributed by atoms with Crippen LogP contribution in [0.2, 0.25) is 15.1 Å². The first kappa shape index (κ1) is 42.4. The molecule has 3 aromatic carbocycles. The summed E-state index contributed by atoms with van der Waals surface area (Å²) < 4.78 is 31.4. The van der Waals surface area contributed by atoms with Crippen LogP contribution in [0.3, 0.4) is 0 Å². The van der Waals surface area contributed by atoms with E-state index in [0.717, 1.165) is 0 Å². The molecule has 3 aromatic rings. The van der Waals surface area contributed by atoms with E-state index in [0.29, 0.717) is 52.1 Å². The fourth-order valence-electron chi connectivity index (χ4n) is 3.46. The number of esters is 3. The first-order chi connectivity index (χ1) is 22.4. The molecule has 3 rings (SSSR count). The van der Waals surface area contributed by atoms with Crippen molar-refractivity contribution >= 4 is 52.7 Å². The summed E-state index contributed by atoms with van der Waals surface area (Å²) in [5.74, 6) is 0.421. The first-order valence-corrected chi connectivity index (χ1v) is 16.4. The Morgan fingerprint density at radius 2 is 0.958 bits per heavy atom. The number of rotatable bonds is 12. The molecule has 0 aromatic heterocycles. The Hall–Kier alpha value is -3.66. The van der Waals surface area contributed by atoms with E-state index in [1.807, 2.05) is 0 Å². The van der Waals surface area contributed by atoms with Crippen LogP contribution in [0.1, 0.15) is 62.3 Å². The van der Waals surface area contributed by atoms with Crippen molar-refractivity contribution in [2.45, 2.75) is 79.1 Å². The Kier molecular flexibility index (Phi) is 17.6. The van der Waals surface area contributed by atoms with E-state index in [1.54, 1.807) is 135 Å². The lowest BCUT2D eigenvalue weighted by atomic mass is 10.1. The summed E-state index contributed by atoms with van der Waals surface area (Å²) in [5, 5.41) is 1.67. The molecular formula is C36H45Cl3O9.